The predicted molar refractivity (Wildman–Crippen MR) is 77.1 cm³/mol. The molecule has 0 radical (unpaired) electrons. The zero-order chi connectivity index (χ0) is 15.7. The van der Waals surface area contributed by atoms with E-state index in [9.17, 15) is 18.8 Å². The molecule has 0 atom stereocenters. The molecule has 0 aliphatic carbocycles. The number of pyridine rings is 1. The number of fused-ring (bicyclic) bond motifs is 1. The van der Waals surface area contributed by atoms with Gasteiger partial charge in [-0.2, -0.15) is 0 Å². The van der Waals surface area contributed by atoms with Gasteiger partial charge in [-0.25, -0.2) is 4.39 Å². The number of halogens is 1. The van der Waals surface area contributed by atoms with Gasteiger partial charge in [0.2, 0.25) is 0 Å². The van der Waals surface area contributed by atoms with Gasteiger partial charge in [-0.1, -0.05) is 12.1 Å². The molecule has 22 heavy (non-hydrogen) atoms. The summed E-state index contributed by atoms with van der Waals surface area (Å²) in [7, 11) is 0. The minimum absolute atomic E-state index is 0.190. The van der Waals surface area contributed by atoms with Crippen molar-refractivity contribution in [2.24, 2.45) is 0 Å². The quantitative estimate of drug-likeness (QED) is 0.807. The Hall–Kier alpha value is -2.76. The number of imide groups is 1. The highest BCUT2D eigenvalue weighted by Crippen LogP contribution is 2.22. The molecular weight excluding hydrogens is 287 g/mol. The van der Waals surface area contributed by atoms with Crippen molar-refractivity contribution in [3.8, 4) is 0 Å². The molecule has 0 saturated carbocycles. The number of carbonyl (C=O) groups excluding carboxylic acids is 2. The fourth-order valence-electron chi connectivity index (χ4n) is 2.52. The monoisotopic (exact) mass is 300 g/mol. The number of hydrogen-bond acceptors (Lipinski definition) is 3. The second-order valence-electron chi connectivity index (χ2n) is 5.04. The van der Waals surface area contributed by atoms with Gasteiger partial charge in [-0.05, 0) is 24.6 Å². The summed E-state index contributed by atoms with van der Waals surface area (Å²) in [6.45, 7) is 0.430. The van der Waals surface area contributed by atoms with Gasteiger partial charge in [0, 0.05) is 25.4 Å². The fraction of sp³-hybridized carbons (Fsp3) is 0.188. The third-order valence-electron chi connectivity index (χ3n) is 3.61. The van der Waals surface area contributed by atoms with E-state index in [1.54, 1.807) is 24.3 Å². The van der Waals surface area contributed by atoms with Gasteiger partial charge < -0.3 is 4.57 Å². The number of nitrogens with zero attached hydrogens (tertiary/aromatic N) is 2. The SMILES string of the molecule is O=C1c2ccccc2C(=O)N1CCCn1cc(F)ccc1=O. The average molecular weight is 300 g/mol. The van der Waals surface area contributed by atoms with E-state index in [2.05, 4.69) is 0 Å². The molecule has 0 spiro atoms. The summed E-state index contributed by atoms with van der Waals surface area (Å²) >= 11 is 0. The number of carbonyl (C=O) groups is 2. The van der Waals surface area contributed by atoms with Crippen LogP contribution >= 0.6 is 0 Å². The Morgan fingerprint density at radius 2 is 1.50 bits per heavy atom. The number of amides is 2. The van der Waals surface area contributed by atoms with Gasteiger partial charge in [0.1, 0.15) is 5.82 Å². The average Bonchev–Trinajstić information content (AvgIpc) is 2.76. The molecule has 1 aromatic carbocycles. The summed E-state index contributed by atoms with van der Waals surface area (Å²) in [5.74, 6) is -1.15. The molecular formula is C16H13FN2O3. The smallest absolute Gasteiger partial charge is 0.261 e. The summed E-state index contributed by atoms with van der Waals surface area (Å²) in [6, 6.07) is 8.90. The summed E-state index contributed by atoms with van der Waals surface area (Å²) in [4.78, 5) is 37.0. The molecule has 1 aliphatic heterocycles. The van der Waals surface area contributed by atoms with E-state index in [-0.39, 0.29) is 30.5 Å². The van der Waals surface area contributed by atoms with Crippen molar-refractivity contribution in [2.45, 2.75) is 13.0 Å². The first-order chi connectivity index (χ1) is 10.6. The highest BCUT2D eigenvalue weighted by atomic mass is 19.1. The Kier molecular flexibility index (Phi) is 3.58. The van der Waals surface area contributed by atoms with Gasteiger partial charge in [0.25, 0.3) is 17.4 Å². The lowest BCUT2D eigenvalue weighted by molar-refractivity contribution is 0.0650. The largest absolute Gasteiger partial charge is 0.313 e. The molecule has 0 bridgehead atoms. The molecule has 0 saturated heterocycles. The van der Waals surface area contributed by atoms with Crippen LogP contribution in [0.25, 0.3) is 0 Å². The molecule has 112 valence electrons. The number of benzene rings is 1. The van der Waals surface area contributed by atoms with Crippen molar-refractivity contribution in [2.75, 3.05) is 6.54 Å². The van der Waals surface area contributed by atoms with E-state index in [1.165, 1.54) is 4.57 Å². The highest BCUT2D eigenvalue weighted by molar-refractivity contribution is 6.21. The molecule has 6 heteroatoms. The summed E-state index contributed by atoms with van der Waals surface area (Å²) < 4.78 is 14.3. The van der Waals surface area contributed by atoms with E-state index >= 15 is 0 Å². The van der Waals surface area contributed by atoms with Crippen molar-refractivity contribution >= 4 is 11.8 Å². The molecule has 5 nitrogen and oxygen atoms in total. The topological polar surface area (TPSA) is 59.4 Å². The van der Waals surface area contributed by atoms with E-state index in [1.807, 2.05) is 0 Å². The predicted octanol–water partition coefficient (Wildman–Crippen LogP) is 1.67. The molecule has 0 fully saturated rings. The maximum absolute atomic E-state index is 13.1. The molecule has 3 rings (SSSR count). The third kappa shape index (κ3) is 2.43. The lowest BCUT2D eigenvalue weighted by Crippen LogP contribution is -2.32. The number of hydrogen-bond donors (Lipinski definition) is 0. The van der Waals surface area contributed by atoms with Crippen LogP contribution in [0.2, 0.25) is 0 Å². The van der Waals surface area contributed by atoms with Gasteiger partial charge in [-0.3, -0.25) is 19.3 Å². The lowest BCUT2D eigenvalue weighted by Gasteiger charge is -2.14. The van der Waals surface area contributed by atoms with E-state index in [0.29, 0.717) is 17.5 Å². The first-order valence-corrected chi connectivity index (χ1v) is 6.89. The molecule has 1 aliphatic rings. The summed E-state index contributed by atoms with van der Waals surface area (Å²) in [6.07, 6.45) is 1.50. The molecule has 2 amide bonds. The maximum Gasteiger partial charge on any atom is 0.261 e. The van der Waals surface area contributed by atoms with Crippen LogP contribution in [0.5, 0.6) is 0 Å². The maximum atomic E-state index is 13.1. The zero-order valence-corrected chi connectivity index (χ0v) is 11.7. The molecule has 2 heterocycles. The number of aromatic nitrogens is 1. The molecule has 0 unspecified atom stereocenters. The molecule has 0 N–H and O–H groups in total. The Labute approximate surface area is 125 Å². The normalized spacial score (nSPS) is 13.6. The molecule has 1 aromatic heterocycles. The van der Waals surface area contributed by atoms with Crippen LogP contribution in [0.1, 0.15) is 27.1 Å². The van der Waals surface area contributed by atoms with Crippen LogP contribution in [0.15, 0.2) is 47.4 Å². The van der Waals surface area contributed by atoms with Crippen molar-refractivity contribution in [1.82, 2.24) is 9.47 Å². The van der Waals surface area contributed by atoms with E-state index in [4.69, 9.17) is 0 Å². The van der Waals surface area contributed by atoms with Crippen LogP contribution in [-0.4, -0.2) is 27.8 Å². The first-order valence-electron chi connectivity index (χ1n) is 6.89. The standard InChI is InChI=1S/C16H13FN2O3/c17-11-6-7-14(20)18(10-11)8-3-9-19-15(21)12-4-1-2-5-13(12)16(19)22/h1-2,4-7,10H,3,8-9H2. The highest BCUT2D eigenvalue weighted by Gasteiger charge is 2.34. The Morgan fingerprint density at radius 3 is 2.14 bits per heavy atom. The Morgan fingerprint density at radius 1 is 0.864 bits per heavy atom. The number of rotatable bonds is 4. The van der Waals surface area contributed by atoms with Crippen LogP contribution in [0, 0.1) is 5.82 Å². The van der Waals surface area contributed by atoms with Crippen molar-refractivity contribution < 1.29 is 14.0 Å². The minimum atomic E-state index is -0.500. The third-order valence-corrected chi connectivity index (χ3v) is 3.61. The van der Waals surface area contributed by atoms with Crippen LogP contribution in [0.3, 0.4) is 0 Å². The first kappa shape index (κ1) is 14.2. The number of aryl methyl sites for hydroxylation is 1. The summed E-state index contributed by atoms with van der Waals surface area (Å²) in [5.41, 5.74) is 0.481. The Balaban J connectivity index is 1.68. The van der Waals surface area contributed by atoms with Crippen molar-refractivity contribution in [1.29, 1.82) is 0 Å². The Bertz CT molecular complexity index is 778. The van der Waals surface area contributed by atoms with E-state index < -0.39 is 5.82 Å². The van der Waals surface area contributed by atoms with Crippen molar-refractivity contribution in [3.63, 3.8) is 0 Å². The van der Waals surface area contributed by atoms with Crippen molar-refractivity contribution in [3.05, 3.63) is 69.9 Å². The van der Waals surface area contributed by atoms with Crippen LogP contribution in [-0.2, 0) is 6.54 Å². The van der Waals surface area contributed by atoms with E-state index in [0.717, 1.165) is 23.2 Å². The van der Waals surface area contributed by atoms with Gasteiger partial charge in [-0.15, -0.1) is 0 Å². The summed E-state index contributed by atoms with van der Waals surface area (Å²) in [5, 5.41) is 0. The fourth-order valence-corrected chi connectivity index (χ4v) is 2.52. The second kappa shape index (κ2) is 5.55. The molecule has 2 aromatic rings. The van der Waals surface area contributed by atoms with Crippen LogP contribution < -0.4 is 5.56 Å². The van der Waals surface area contributed by atoms with Gasteiger partial charge >= 0.3 is 0 Å². The minimum Gasteiger partial charge on any atom is -0.313 e. The second-order valence-corrected chi connectivity index (χ2v) is 5.04. The zero-order valence-electron chi connectivity index (χ0n) is 11.7. The van der Waals surface area contributed by atoms with Crippen LogP contribution in [0.4, 0.5) is 4.39 Å². The van der Waals surface area contributed by atoms with Gasteiger partial charge in [0.15, 0.2) is 0 Å². The van der Waals surface area contributed by atoms with Gasteiger partial charge in [0.05, 0.1) is 11.1 Å². The lowest BCUT2D eigenvalue weighted by atomic mass is 10.1.